The number of nitrogens with zero attached hydrogens (tertiary/aromatic N) is 5. The number of ether oxygens (including phenoxy) is 1. The topological polar surface area (TPSA) is 98.1 Å². The van der Waals surface area contributed by atoms with Crippen LogP contribution in [0.3, 0.4) is 0 Å². The van der Waals surface area contributed by atoms with Gasteiger partial charge >= 0.3 is 5.97 Å². The van der Waals surface area contributed by atoms with Gasteiger partial charge in [-0.05, 0) is 58.1 Å². The van der Waals surface area contributed by atoms with E-state index >= 15 is 0 Å². The Kier molecular flexibility index (Phi) is 7.74. The molecule has 0 aromatic carbocycles. The number of hydrogen-bond donors (Lipinski definition) is 1. The van der Waals surface area contributed by atoms with Crippen LogP contribution in [-0.4, -0.2) is 51.5 Å². The molecular weight excluding hydrogens is 411 g/mol. The summed E-state index contributed by atoms with van der Waals surface area (Å²) in [7, 11) is 0. The fourth-order valence-corrected chi connectivity index (χ4v) is 3.81. The summed E-state index contributed by atoms with van der Waals surface area (Å²) in [5.74, 6) is -0.0945. The minimum atomic E-state index is -0.451. The molecule has 8 nitrogen and oxygen atoms in total. The summed E-state index contributed by atoms with van der Waals surface area (Å²) in [6, 6.07) is 1.85. The summed E-state index contributed by atoms with van der Waals surface area (Å²) in [5.41, 5.74) is 8.28. The lowest BCUT2D eigenvalue weighted by atomic mass is 9.97. The molecule has 3 heterocycles. The third-order valence-corrected chi connectivity index (χ3v) is 5.40. The van der Waals surface area contributed by atoms with Crippen molar-refractivity contribution in [3.8, 4) is 0 Å². The Morgan fingerprint density at radius 3 is 3.00 bits per heavy atom. The number of nitrogens with two attached hydrogens (primary N) is 1. The zero-order valence-corrected chi connectivity index (χ0v) is 18.9. The van der Waals surface area contributed by atoms with Gasteiger partial charge in [-0.25, -0.2) is 18.7 Å². The van der Waals surface area contributed by atoms with Gasteiger partial charge in [-0.2, -0.15) is 5.10 Å². The molecule has 0 amide bonds. The number of carbonyl (C=O) groups is 1. The van der Waals surface area contributed by atoms with Gasteiger partial charge in [0.25, 0.3) is 0 Å². The summed E-state index contributed by atoms with van der Waals surface area (Å²) < 4.78 is 20.0. The zero-order chi connectivity index (χ0) is 23.3. The SMILES string of the molecule is C=C(/C(CC[C@@H](C)N)=N\C=C(/C)F)[C@H]1CCCN1c1ccn2ncc(C(=O)OCC)c2n1. The Morgan fingerprint density at radius 1 is 1.53 bits per heavy atom. The minimum absolute atomic E-state index is 0.00960. The Bertz CT molecular complexity index is 1040. The smallest absolute Gasteiger partial charge is 0.343 e. The quantitative estimate of drug-likeness (QED) is 0.468. The molecule has 2 aromatic heterocycles. The van der Waals surface area contributed by atoms with Gasteiger partial charge in [0.15, 0.2) is 5.65 Å². The third kappa shape index (κ3) is 5.40. The molecule has 172 valence electrons. The van der Waals surface area contributed by atoms with Crippen molar-refractivity contribution in [3.63, 3.8) is 0 Å². The molecule has 32 heavy (non-hydrogen) atoms. The summed E-state index contributed by atoms with van der Waals surface area (Å²) in [6.45, 7) is 10.4. The number of aromatic nitrogens is 3. The standard InChI is InChI=1S/C23H31FN6O2/c1-5-32-23(31)18-14-27-30-12-10-21(28-22(18)30)29-11-6-7-20(29)17(4)19(9-8-16(3)25)26-13-15(2)24/h10,12-14,16,20H,4-9,11,25H2,1-3H3/b15-13+,26-19-/t16-,20-/m1/s1. The van der Waals surface area contributed by atoms with Gasteiger partial charge in [-0.1, -0.05) is 6.58 Å². The van der Waals surface area contributed by atoms with Crippen molar-refractivity contribution in [1.29, 1.82) is 0 Å². The molecule has 2 aromatic rings. The van der Waals surface area contributed by atoms with Gasteiger partial charge in [0, 0.05) is 24.5 Å². The zero-order valence-electron chi connectivity index (χ0n) is 18.9. The van der Waals surface area contributed by atoms with Gasteiger partial charge in [0.05, 0.1) is 25.0 Å². The van der Waals surface area contributed by atoms with Crippen molar-refractivity contribution in [2.75, 3.05) is 18.1 Å². The van der Waals surface area contributed by atoms with Crippen molar-refractivity contribution in [2.24, 2.45) is 10.7 Å². The lowest BCUT2D eigenvalue weighted by Crippen LogP contribution is -2.34. The second-order valence-corrected chi connectivity index (χ2v) is 8.02. The number of anilines is 1. The molecule has 9 heteroatoms. The highest BCUT2D eigenvalue weighted by atomic mass is 19.1. The molecule has 0 bridgehead atoms. The highest BCUT2D eigenvalue weighted by Crippen LogP contribution is 2.30. The molecule has 3 rings (SSSR count). The van der Waals surface area contributed by atoms with Crippen LogP contribution >= 0.6 is 0 Å². The van der Waals surface area contributed by atoms with Gasteiger partial charge in [-0.15, -0.1) is 0 Å². The van der Waals surface area contributed by atoms with E-state index in [1.807, 2.05) is 13.0 Å². The second kappa shape index (κ2) is 10.5. The third-order valence-electron chi connectivity index (χ3n) is 5.40. The maximum atomic E-state index is 13.4. The molecule has 1 fully saturated rings. The fraction of sp³-hybridized carbons (Fsp3) is 0.478. The number of fused-ring (bicyclic) bond motifs is 1. The molecule has 0 saturated carbocycles. The molecule has 0 radical (unpaired) electrons. The first-order chi connectivity index (χ1) is 15.3. The summed E-state index contributed by atoms with van der Waals surface area (Å²) >= 11 is 0. The average Bonchev–Trinajstić information content (AvgIpc) is 3.40. The maximum Gasteiger partial charge on any atom is 0.343 e. The highest BCUT2D eigenvalue weighted by Gasteiger charge is 2.30. The minimum Gasteiger partial charge on any atom is -0.462 e. The van der Waals surface area contributed by atoms with Crippen molar-refractivity contribution in [2.45, 2.75) is 58.5 Å². The largest absolute Gasteiger partial charge is 0.462 e. The number of hydrogen-bond acceptors (Lipinski definition) is 7. The Balaban J connectivity index is 1.91. The van der Waals surface area contributed by atoms with Crippen LogP contribution < -0.4 is 10.6 Å². The normalized spacial score (nSPS) is 18.3. The number of rotatable bonds is 9. The van der Waals surface area contributed by atoms with Crippen LogP contribution in [-0.2, 0) is 4.74 Å². The fourth-order valence-electron chi connectivity index (χ4n) is 3.81. The molecule has 2 N–H and O–H groups in total. The first-order valence-corrected chi connectivity index (χ1v) is 10.9. The van der Waals surface area contributed by atoms with E-state index in [-0.39, 0.29) is 24.5 Å². The van der Waals surface area contributed by atoms with E-state index in [0.717, 1.165) is 42.9 Å². The first kappa shape index (κ1) is 23.6. The van der Waals surface area contributed by atoms with E-state index in [9.17, 15) is 9.18 Å². The number of halogens is 1. The van der Waals surface area contributed by atoms with Crippen molar-refractivity contribution in [1.82, 2.24) is 14.6 Å². The monoisotopic (exact) mass is 442 g/mol. The molecule has 1 aliphatic heterocycles. The second-order valence-electron chi connectivity index (χ2n) is 8.02. The highest BCUT2D eigenvalue weighted by molar-refractivity contribution is 6.01. The van der Waals surface area contributed by atoms with E-state index in [1.165, 1.54) is 19.3 Å². The molecule has 0 spiro atoms. The van der Waals surface area contributed by atoms with Gasteiger partial charge < -0.3 is 15.4 Å². The van der Waals surface area contributed by atoms with Crippen LogP contribution in [0.1, 0.15) is 56.8 Å². The van der Waals surface area contributed by atoms with Crippen molar-refractivity contribution < 1.29 is 13.9 Å². The molecule has 0 unspecified atom stereocenters. The van der Waals surface area contributed by atoms with E-state index in [1.54, 1.807) is 17.6 Å². The van der Waals surface area contributed by atoms with E-state index in [4.69, 9.17) is 15.5 Å². The number of carbonyl (C=O) groups excluding carboxylic acids is 1. The van der Waals surface area contributed by atoms with Crippen LogP contribution in [0, 0.1) is 0 Å². The Labute approximate surface area is 187 Å². The van der Waals surface area contributed by atoms with Crippen molar-refractivity contribution >= 4 is 23.1 Å². The van der Waals surface area contributed by atoms with E-state index in [2.05, 4.69) is 21.6 Å². The van der Waals surface area contributed by atoms with Gasteiger partial charge in [-0.3, -0.25) is 4.99 Å². The van der Waals surface area contributed by atoms with Gasteiger partial charge in [0.1, 0.15) is 17.2 Å². The molecular formula is C23H31FN6O2. The predicted octanol–water partition coefficient (Wildman–Crippen LogP) is 3.83. The Hall–Kier alpha value is -3.07. The molecule has 2 atom stereocenters. The number of aliphatic imine (C=N–C) groups is 1. The predicted molar refractivity (Wildman–Crippen MR) is 124 cm³/mol. The lowest BCUT2D eigenvalue weighted by Gasteiger charge is -2.28. The molecule has 1 saturated heterocycles. The first-order valence-electron chi connectivity index (χ1n) is 10.9. The average molecular weight is 443 g/mol. The van der Waals surface area contributed by atoms with Crippen LogP contribution in [0.5, 0.6) is 0 Å². The van der Waals surface area contributed by atoms with Crippen LogP contribution in [0.25, 0.3) is 5.65 Å². The van der Waals surface area contributed by atoms with Crippen molar-refractivity contribution in [3.05, 3.63) is 48.2 Å². The summed E-state index contributed by atoms with van der Waals surface area (Å²) in [4.78, 5) is 23.5. The Morgan fingerprint density at radius 2 is 2.31 bits per heavy atom. The van der Waals surface area contributed by atoms with E-state index < -0.39 is 5.97 Å². The van der Waals surface area contributed by atoms with Crippen LogP contribution in [0.4, 0.5) is 10.2 Å². The number of esters is 1. The summed E-state index contributed by atoms with van der Waals surface area (Å²) in [5, 5.41) is 4.20. The number of allylic oxidation sites excluding steroid dienone is 1. The molecule has 0 aliphatic carbocycles. The lowest BCUT2D eigenvalue weighted by molar-refractivity contribution is 0.0528. The van der Waals surface area contributed by atoms with Crippen LogP contribution in [0.15, 0.2) is 47.6 Å². The summed E-state index contributed by atoms with van der Waals surface area (Å²) in [6.07, 6.45) is 7.65. The van der Waals surface area contributed by atoms with E-state index in [0.29, 0.717) is 17.6 Å². The van der Waals surface area contributed by atoms with Gasteiger partial charge in [0.2, 0.25) is 0 Å². The molecule has 1 aliphatic rings. The maximum absolute atomic E-state index is 13.4. The van der Waals surface area contributed by atoms with Crippen LogP contribution in [0.2, 0.25) is 0 Å².